The number of rotatable bonds is 4. The van der Waals surface area contributed by atoms with E-state index >= 15 is 0 Å². The van der Waals surface area contributed by atoms with Gasteiger partial charge >= 0.3 is 18.9 Å². The minimum atomic E-state index is 0. The zero-order valence-corrected chi connectivity index (χ0v) is 13.0. The molecule has 0 aromatic heterocycles. The van der Waals surface area contributed by atoms with Crippen LogP contribution in [0.15, 0.2) is 0 Å². The summed E-state index contributed by atoms with van der Waals surface area (Å²) in [6.45, 7) is 12.7. The van der Waals surface area contributed by atoms with Gasteiger partial charge < -0.3 is 10.1 Å². The molecule has 0 aliphatic carbocycles. The molecule has 1 aliphatic rings. The summed E-state index contributed by atoms with van der Waals surface area (Å²) in [6.07, 6.45) is 0. The van der Waals surface area contributed by atoms with Crippen molar-refractivity contribution in [3.05, 3.63) is 5.32 Å². The van der Waals surface area contributed by atoms with Crippen molar-refractivity contribution in [1.82, 2.24) is 0 Å². The first-order valence-electron chi connectivity index (χ1n) is 6.15. The molecule has 0 bridgehead atoms. The van der Waals surface area contributed by atoms with Gasteiger partial charge in [0.2, 0.25) is 15.2 Å². The summed E-state index contributed by atoms with van der Waals surface area (Å²) in [7, 11) is 0. The molecule has 1 saturated heterocycles. The van der Waals surface area contributed by atoms with Crippen molar-refractivity contribution in [2.75, 3.05) is 26.3 Å². The van der Waals surface area contributed by atoms with E-state index in [1.54, 1.807) is 0 Å². The van der Waals surface area contributed by atoms with E-state index in [9.17, 15) is 0 Å². The third-order valence-corrected chi connectivity index (χ3v) is 4.62. The standard InChI is InChI=1S/C4H8NO.2C4H9.Al.Li/c1-3-6-4-2-5-1;2*1-4(2)3;;/h1-4H2;2*4H,1H2,2-3H3;;/q-1;;;;+1. The van der Waals surface area contributed by atoms with E-state index in [4.69, 9.17) is 4.74 Å². The van der Waals surface area contributed by atoms with Gasteiger partial charge in [-0.05, 0) is 0 Å². The molecule has 0 N–H and O–H groups in total. The fourth-order valence-corrected chi connectivity index (χ4v) is 2.76. The molecule has 0 atom stereocenters. The topological polar surface area (TPSA) is 23.3 Å². The number of nitrogens with zero attached hydrogens (tertiary/aromatic N) is 1. The van der Waals surface area contributed by atoms with E-state index in [1.807, 2.05) is 0 Å². The fourth-order valence-electron chi connectivity index (χ4n) is 1.23. The van der Waals surface area contributed by atoms with Crippen LogP contribution in [0.4, 0.5) is 0 Å². The van der Waals surface area contributed by atoms with Crippen LogP contribution in [0.5, 0.6) is 0 Å². The van der Waals surface area contributed by atoms with E-state index in [-0.39, 0.29) is 18.9 Å². The Kier molecular flexibility index (Phi) is 17.1. The van der Waals surface area contributed by atoms with Gasteiger partial charge in [-0.2, -0.15) is 0 Å². The van der Waals surface area contributed by atoms with Crippen molar-refractivity contribution in [3.63, 3.8) is 0 Å². The van der Waals surface area contributed by atoms with Crippen molar-refractivity contribution >= 4 is 15.2 Å². The zero-order chi connectivity index (χ0) is 11.5. The van der Waals surface area contributed by atoms with Crippen LogP contribution in [-0.2, 0) is 4.74 Å². The minimum Gasteiger partial charge on any atom is -0.659 e. The SMILES string of the molecule is C1COCC[N-]1.CC(C)[CH2][Al][CH2]C(C)C.[Li+]. The molecule has 0 saturated carbocycles. The second kappa shape index (κ2) is 14.1. The molecule has 89 valence electrons. The molecule has 1 fully saturated rings. The van der Waals surface area contributed by atoms with Gasteiger partial charge in [0.25, 0.3) is 0 Å². The Bertz CT molecular complexity index is 111. The Balaban J connectivity index is 0. The van der Waals surface area contributed by atoms with Crippen molar-refractivity contribution < 1.29 is 23.6 Å². The van der Waals surface area contributed by atoms with Gasteiger partial charge in [-0.25, -0.2) is 0 Å². The molecule has 2 nitrogen and oxygen atoms in total. The number of morpholine rings is 1. The van der Waals surface area contributed by atoms with Crippen LogP contribution in [0, 0.1) is 11.8 Å². The molecule has 1 heterocycles. The average molecular weight is 234 g/mol. The minimum absolute atomic E-state index is 0. The molecule has 1 aliphatic heterocycles. The molecule has 4 heteroatoms. The summed E-state index contributed by atoms with van der Waals surface area (Å²) in [4.78, 5) is 0. The maximum absolute atomic E-state index is 4.98. The predicted molar refractivity (Wildman–Crippen MR) is 69.0 cm³/mol. The van der Waals surface area contributed by atoms with Crippen molar-refractivity contribution in [2.45, 2.75) is 38.3 Å². The van der Waals surface area contributed by atoms with Crippen LogP contribution in [-0.4, -0.2) is 41.5 Å². The van der Waals surface area contributed by atoms with Gasteiger partial charge in [0.05, 0.1) is 0 Å². The Labute approximate surface area is 120 Å². The van der Waals surface area contributed by atoms with Gasteiger partial charge in [0, 0.05) is 13.2 Å². The normalized spacial score (nSPS) is 15.1. The summed E-state index contributed by atoms with van der Waals surface area (Å²) in [6, 6.07) is 0. The van der Waals surface area contributed by atoms with Gasteiger partial charge in [-0.3, -0.25) is 0 Å². The zero-order valence-electron chi connectivity index (χ0n) is 11.8. The molecule has 0 aromatic carbocycles. The first-order valence-corrected chi connectivity index (χ1v) is 7.79. The summed E-state index contributed by atoms with van der Waals surface area (Å²) in [5.74, 6) is 1.86. The van der Waals surface area contributed by atoms with Crippen molar-refractivity contribution in [1.29, 1.82) is 0 Å². The van der Waals surface area contributed by atoms with E-state index in [0.717, 1.165) is 53.4 Å². The quantitative estimate of drug-likeness (QED) is 0.639. The summed E-state index contributed by atoms with van der Waals surface area (Å²) in [5.41, 5.74) is 0. The Hall–Kier alpha value is 1.05. The third-order valence-electron chi connectivity index (χ3n) is 2.06. The first-order chi connectivity index (χ1) is 7.13. The van der Waals surface area contributed by atoms with Gasteiger partial charge in [-0.1, -0.05) is 39.5 Å². The third kappa shape index (κ3) is 17.4. The van der Waals surface area contributed by atoms with E-state index in [0.29, 0.717) is 0 Å². The molecule has 16 heavy (non-hydrogen) atoms. The largest absolute Gasteiger partial charge is 1.00 e. The Morgan fingerprint density at radius 1 is 1.00 bits per heavy atom. The number of hydrogen-bond donors (Lipinski definition) is 0. The first kappa shape index (κ1) is 19.4. The van der Waals surface area contributed by atoms with Crippen LogP contribution in [0.1, 0.15) is 27.7 Å². The van der Waals surface area contributed by atoms with E-state index in [1.165, 1.54) is 10.6 Å². The second-order valence-corrected chi connectivity index (χ2v) is 6.35. The molecule has 0 unspecified atom stereocenters. The predicted octanol–water partition coefficient (Wildman–Crippen LogP) is 0.234. The monoisotopic (exact) mass is 234 g/mol. The van der Waals surface area contributed by atoms with Crippen molar-refractivity contribution in [2.24, 2.45) is 11.8 Å². The molecule has 0 aromatic rings. The summed E-state index contributed by atoms with van der Waals surface area (Å²) < 4.78 is 4.98. The Morgan fingerprint density at radius 2 is 1.44 bits per heavy atom. The van der Waals surface area contributed by atoms with Crippen LogP contribution in [0.3, 0.4) is 0 Å². The molecule has 1 rings (SSSR count). The number of ether oxygens (including phenoxy) is 1. The average Bonchev–Trinajstić information content (AvgIpc) is 2.20. The number of hydrogen-bond acceptors (Lipinski definition) is 1. The maximum Gasteiger partial charge on any atom is 1.00 e. The summed E-state index contributed by atoms with van der Waals surface area (Å²) in [5, 5.41) is 7.02. The molecule has 0 spiro atoms. The summed E-state index contributed by atoms with van der Waals surface area (Å²) >= 11 is 0.755. The van der Waals surface area contributed by atoms with Gasteiger partial charge in [-0.15, -0.1) is 23.7 Å². The van der Waals surface area contributed by atoms with Crippen LogP contribution in [0.25, 0.3) is 5.32 Å². The van der Waals surface area contributed by atoms with Crippen LogP contribution >= 0.6 is 0 Å². The fraction of sp³-hybridized carbons (Fsp3) is 1.00. The molecular formula is C12H26AlLiNO. The second-order valence-electron chi connectivity index (χ2n) is 4.83. The Morgan fingerprint density at radius 3 is 1.62 bits per heavy atom. The molecular weight excluding hydrogens is 208 g/mol. The van der Waals surface area contributed by atoms with Gasteiger partial charge in [0.1, 0.15) is 0 Å². The maximum atomic E-state index is 4.98. The van der Waals surface area contributed by atoms with Gasteiger partial charge in [0.15, 0.2) is 0 Å². The van der Waals surface area contributed by atoms with Crippen LogP contribution in [0.2, 0.25) is 10.6 Å². The van der Waals surface area contributed by atoms with E-state index < -0.39 is 0 Å². The smallest absolute Gasteiger partial charge is 0.659 e. The van der Waals surface area contributed by atoms with Crippen molar-refractivity contribution in [3.8, 4) is 0 Å². The molecule has 1 radical (unpaired) electrons. The molecule has 0 amide bonds. The van der Waals surface area contributed by atoms with E-state index in [2.05, 4.69) is 33.0 Å². The van der Waals surface area contributed by atoms with Crippen LogP contribution < -0.4 is 18.9 Å².